The fraction of sp³-hybridized carbons (Fsp3) is 0.250. The number of nitrogens with one attached hydrogen (secondary N) is 2. The first-order valence-electron chi connectivity index (χ1n) is 8.91. The average Bonchev–Trinajstić information content (AvgIpc) is 3.41. The summed E-state index contributed by atoms with van der Waals surface area (Å²) in [5, 5.41) is 10.0. The number of benzene rings is 2. The molecule has 1 saturated carbocycles. The summed E-state index contributed by atoms with van der Waals surface area (Å²) in [6.45, 7) is 0. The largest absolute Gasteiger partial charge is 0.497 e. The van der Waals surface area contributed by atoms with Crippen LogP contribution in [0.4, 0.5) is 4.39 Å². The Morgan fingerprint density at radius 3 is 2.57 bits per heavy atom. The van der Waals surface area contributed by atoms with E-state index in [1.54, 1.807) is 19.2 Å². The highest BCUT2D eigenvalue weighted by Gasteiger charge is 2.30. The summed E-state index contributed by atoms with van der Waals surface area (Å²) in [5.74, 6) is 0.904. The molecule has 0 aliphatic heterocycles. The number of ether oxygens (including phenoxy) is 1. The van der Waals surface area contributed by atoms with E-state index in [-0.39, 0.29) is 17.8 Å². The molecule has 0 saturated heterocycles. The maximum Gasteiger partial charge on any atom is 0.238 e. The van der Waals surface area contributed by atoms with Crippen molar-refractivity contribution in [2.75, 3.05) is 7.11 Å². The maximum absolute atomic E-state index is 13.3. The molecule has 1 aliphatic carbocycles. The zero-order valence-corrected chi connectivity index (χ0v) is 16.0. The van der Waals surface area contributed by atoms with Crippen LogP contribution >= 0.6 is 11.8 Å². The molecular weight excluding hydrogens is 379 g/mol. The van der Waals surface area contributed by atoms with E-state index in [1.165, 1.54) is 23.9 Å². The summed E-state index contributed by atoms with van der Waals surface area (Å²) >= 11 is 1.24. The number of carbonyl (C=O) groups is 1. The Morgan fingerprint density at radius 1 is 1.21 bits per heavy atom. The normalized spacial score (nSPS) is 14.5. The van der Waals surface area contributed by atoms with Gasteiger partial charge < -0.3 is 10.1 Å². The third kappa shape index (κ3) is 4.33. The Labute approximate surface area is 165 Å². The molecule has 1 amide bonds. The maximum atomic E-state index is 13.3. The van der Waals surface area contributed by atoms with Gasteiger partial charge in [-0.25, -0.2) is 9.37 Å². The van der Waals surface area contributed by atoms with Gasteiger partial charge in [0.05, 0.1) is 7.11 Å². The molecule has 2 aromatic carbocycles. The Kier molecular flexibility index (Phi) is 5.29. The van der Waals surface area contributed by atoms with E-state index >= 15 is 0 Å². The summed E-state index contributed by atoms with van der Waals surface area (Å²) in [6.07, 6.45) is 1.99. The van der Waals surface area contributed by atoms with Gasteiger partial charge in [-0.05, 0) is 54.8 Å². The number of thioether (sulfide) groups is 1. The molecule has 0 bridgehead atoms. The predicted molar refractivity (Wildman–Crippen MR) is 105 cm³/mol. The van der Waals surface area contributed by atoms with Crippen molar-refractivity contribution in [3.8, 4) is 17.1 Å². The lowest BCUT2D eigenvalue weighted by atomic mass is 10.1. The van der Waals surface area contributed by atoms with Gasteiger partial charge in [0.2, 0.25) is 11.1 Å². The van der Waals surface area contributed by atoms with Crippen LogP contribution in [0.15, 0.2) is 53.7 Å². The number of H-pyrrole nitrogens is 1. The van der Waals surface area contributed by atoms with Crippen molar-refractivity contribution < 1.29 is 13.9 Å². The van der Waals surface area contributed by atoms with Gasteiger partial charge in [-0.3, -0.25) is 9.89 Å². The third-order valence-corrected chi connectivity index (χ3v) is 5.50. The second-order valence-electron chi connectivity index (χ2n) is 6.53. The zero-order valence-electron chi connectivity index (χ0n) is 15.2. The Balaban J connectivity index is 1.55. The van der Waals surface area contributed by atoms with Crippen LogP contribution in [0.2, 0.25) is 0 Å². The van der Waals surface area contributed by atoms with Crippen LogP contribution in [0.1, 0.15) is 23.7 Å². The van der Waals surface area contributed by atoms with Gasteiger partial charge in [0, 0.05) is 11.6 Å². The highest BCUT2D eigenvalue weighted by molar-refractivity contribution is 8.00. The predicted octanol–water partition coefficient (Wildman–Crippen LogP) is 3.73. The number of aromatic nitrogens is 3. The van der Waals surface area contributed by atoms with Crippen LogP contribution in [0.25, 0.3) is 11.4 Å². The first-order chi connectivity index (χ1) is 13.6. The second-order valence-corrected chi connectivity index (χ2v) is 7.60. The van der Waals surface area contributed by atoms with Gasteiger partial charge in [0.25, 0.3) is 0 Å². The van der Waals surface area contributed by atoms with E-state index < -0.39 is 5.25 Å². The number of amides is 1. The van der Waals surface area contributed by atoms with Crippen LogP contribution < -0.4 is 10.1 Å². The lowest BCUT2D eigenvalue weighted by molar-refractivity contribution is -0.120. The average molecular weight is 398 g/mol. The van der Waals surface area contributed by atoms with Gasteiger partial charge in [-0.1, -0.05) is 23.9 Å². The van der Waals surface area contributed by atoms with Crippen molar-refractivity contribution in [3.63, 3.8) is 0 Å². The minimum atomic E-state index is -0.555. The Bertz CT molecular complexity index is 955. The van der Waals surface area contributed by atoms with Crippen LogP contribution in [-0.2, 0) is 4.79 Å². The molecule has 1 aromatic heterocycles. The molecule has 4 rings (SSSR count). The molecular formula is C20H19FN4O2S. The van der Waals surface area contributed by atoms with Gasteiger partial charge in [-0.15, -0.1) is 5.10 Å². The molecule has 1 heterocycles. The van der Waals surface area contributed by atoms with E-state index in [9.17, 15) is 9.18 Å². The monoisotopic (exact) mass is 398 g/mol. The SMILES string of the molecule is COc1ccc(-c2nc(S[C@H](C(=O)NC3CC3)c3ccc(F)cc3)n[nH]2)cc1. The van der Waals surface area contributed by atoms with Gasteiger partial charge >= 0.3 is 0 Å². The van der Waals surface area contributed by atoms with Gasteiger partial charge in [0.15, 0.2) is 5.82 Å². The van der Waals surface area contributed by atoms with Crippen molar-refractivity contribution in [2.24, 2.45) is 0 Å². The molecule has 144 valence electrons. The number of methoxy groups -OCH3 is 1. The van der Waals surface area contributed by atoms with Crippen LogP contribution in [0.3, 0.4) is 0 Å². The Morgan fingerprint density at radius 2 is 1.93 bits per heavy atom. The number of hydrogen-bond acceptors (Lipinski definition) is 5. The van der Waals surface area contributed by atoms with Crippen molar-refractivity contribution in [3.05, 3.63) is 59.9 Å². The Hall–Kier alpha value is -2.87. The fourth-order valence-electron chi connectivity index (χ4n) is 2.70. The lowest BCUT2D eigenvalue weighted by Gasteiger charge is -2.15. The summed E-state index contributed by atoms with van der Waals surface area (Å²) in [4.78, 5) is 17.2. The van der Waals surface area contributed by atoms with E-state index in [0.29, 0.717) is 16.5 Å². The molecule has 0 radical (unpaired) electrons. The van der Waals surface area contributed by atoms with Crippen LogP contribution in [0, 0.1) is 5.82 Å². The van der Waals surface area contributed by atoms with Gasteiger partial charge in [-0.2, -0.15) is 0 Å². The molecule has 28 heavy (non-hydrogen) atoms. The minimum Gasteiger partial charge on any atom is -0.497 e. The van der Waals surface area contributed by atoms with Crippen molar-refractivity contribution >= 4 is 17.7 Å². The van der Waals surface area contributed by atoms with E-state index in [1.807, 2.05) is 24.3 Å². The minimum absolute atomic E-state index is 0.116. The molecule has 0 unspecified atom stereocenters. The number of aromatic amines is 1. The number of halogens is 1. The molecule has 8 heteroatoms. The van der Waals surface area contributed by atoms with E-state index in [4.69, 9.17) is 4.74 Å². The van der Waals surface area contributed by atoms with Crippen molar-refractivity contribution in [1.29, 1.82) is 0 Å². The quantitative estimate of drug-likeness (QED) is 0.593. The highest BCUT2D eigenvalue weighted by Crippen LogP contribution is 2.35. The molecule has 2 N–H and O–H groups in total. The molecule has 1 fully saturated rings. The number of hydrogen-bond donors (Lipinski definition) is 2. The van der Waals surface area contributed by atoms with Crippen LogP contribution in [-0.4, -0.2) is 34.2 Å². The lowest BCUT2D eigenvalue weighted by Crippen LogP contribution is -2.29. The zero-order chi connectivity index (χ0) is 19.5. The molecule has 1 atom stereocenters. The van der Waals surface area contributed by atoms with E-state index in [0.717, 1.165) is 24.2 Å². The number of nitrogens with zero attached hydrogens (tertiary/aromatic N) is 2. The molecule has 0 spiro atoms. The van der Waals surface area contributed by atoms with Crippen LogP contribution in [0.5, 0.6) is 5.75 Å². The smallest absolute Gasteiger partial charge is 0.238 e. The number of rotatable bonds is 7. The van der Waals surface area contributed by atoms with Gasteiger partial charge in [0.1, 0.15) is 16.8 Å². The summed E-state index contributed by atoms with van der Waals surface area (Å²) in [6, 6.07) is 13.6. The topological polar surface area (TPSA) is 79.9 Å². The standard InChI is InChI=1S/C20H19FN4O2S/c1-27-16-10-4-13(5-11-16)18-23-20(25-24-18)28-17(19(26)22-15-8-9-15)12-2-6-14(21)7-3-12/h2-7,10-11,15,17H,8-9H2,1H3,(H,22,26)(H,23,24,25)/t17-/m0/s1. The number of carbonyl (C=O) groups excluding carboxylic acids is 1. The first-order valence-corrected chi connectivity index (χ1v) is 9.79. The second kappa shape index (κ2) is 8.02. The van der Waals surface area contributed by atoms with Crippen molar-refractivity contribution in [2.45, 2.75) is 29.3 Å². The van der Waals surface area contributed by atoms with Crippen molar-refractivity contribution in [1.82, 2.24) is 20.5 Å². The summed E-state index contributed by atoms with van der Waals surface area (Å²) in [7, 11) is 1.61. The third-order valence-electron chi connectivity index (χ3n) is 4.39. The molecule has 6 nitrogen and oxygen atoms in total. The first kappa shape index (κ1) is 18.5. The molecule has 3 aromatic rings. The summed E-state index contributed by atoms with van der Waals surface area (Å²) in [5.41, 5.74) is 1.57. The summed E-state index contributed by atoms with van der Waals surface area (Å²) < 4.78 is 18.5. The van der Waals surface area contributed by atoms with E-state index in [2.05, 4.69) is 20.5 Å². The molecule has 1 aliphatic rings. The highest BCUT2D eigenvalue weighted by atomic mass is 32.2. The fourth-order valence-corrected chi connectivity index (χ4v) is 3.62.